The van der Waals surface area contributed by atoms with Gasteiger partial charge in [-0.3, -0.25) is 9.59 Å². The lowest BCUT2D eigenvalue weighted by Crippen LogP contribution is -2.61. The molecule has 0 radical (unpaired) electrons. The number of hydrogen-bond donors (Lipinski definition) is 4. The van der Waals surface area contributed by atoms with Crippen LogP contribution in [0, 0.1) is 5.92 Å². The van der Waals surface area contributed by atoms with Gasteiger partial charge in [0.15, 0.2) is 0 Å². The van der Waals surface area contributed by atoms with E-state index < -0.39 is 28.7 Å². The SMILES string of the molecule is CC(C)[C@H](S)C(=O)NC1(C(=O)N[C@@H](Cc2ccc3c(c2)oc2ccccc23)C(=O)O)CCCC1. The van der Waals surface area contributed by atoms with E-state index in [2.05, 4.69) is 23.3 Å². The third kappa shape index (κ3) is 4.78. The van der Waals surface area contributed by atoms with Crippen LogP contribution >= 0.6 is 12.6 Å². The molecule has 0 spiro atoms. The molecule has 1 saturated carbocycles. The zero-order valence-corrected chi connectivity index (χ0v) is 20.2. The summed E-state index contributed by atoms with van der Waals surface area (Å²) >= 11 is 4.37. The van der Waals surface area contributed by atoms with Crippen molar-refractivity contribution in [1.29, 1.82) is 0 Å². The lowest BCUT2D eigenvalue weighted by atomic mass is 9.94. The normalized spacial score (nSPS) is 17.1. The van der Waals surface area contributed by atoms with Crippen LogP contribution in [0.15, 0.2) is 46.9 Å². The fourth-order valence-corrected chi connectivity index (χ4v) is 4.69. The Balaban J connectivity index is 1.53. The molecule has 1 aliphatic carbocycles. The smallest absolute Gasteiger partial charge is 0.326 e. The van der Waals surface area contributed by atoms with E-state index in [1.807, 2.05) is 56.3 Å². The molecule has 0 bridgehead atoms. The maximum absolute atomic E-state index is 13.3. The van der Waals surface area contributed by atoms with Crippen molar-refractivity contribution in [3.05, 3.63) is 48.0 Å². The van der Waals surface area contributed by atoms with Crippen molar-refractivity contribution in [2.75, 3.05) is 0 Å². The molecule has 2 amide bonds. The number of fused-ring (bicyclic) bond motifs is 3. The summed E-state index contributed by atoms with van der Waals surface area (Å²) < 4.78 is 5.91. The highest BCUT2D eigenvalue weighted by atomic mass is 32.1. The summed E-state index contributed by atoms with van der Waals surface area (Å²) in [5, 5.41) is 16.8. The molecular weight excluding hydrogens is 452 g/mol. The van der Waals surface area contributed by atoms with Crippen molar-refractivity contribution in [3.63, 3.8) is 0 Å². The van der Waals surface area contributed by atoms with E-state index in [1.54, 1.807) is 0 Å². The van der Waals surface area contributed by atoms with Gasteiger partial charge in [0.2, 0.25) is 11.8 Å². The van der Waals surface area contributed by atoms with Crippen LogP contribution in [0.5, 0.6) is 0 Å². The maximum Gasteiger partial charge on any atom is 0.326 e. The van der Waals surface area contributed by atoms with Crippen LogP contribution < -0.4 is 10.6 Å². The summed E-state index contributed by atoms with van der Waals surface area (Å²) in [5.41, 5.74) is 1.06. The third-order valence-corrected chi connectivity index (χ3v) is 7.47. The number of carbonyl (C=O) groups excluding carboxylic acids is 2. The number of amides is 2. The molecule has 34 heavy (non-hydrogen) atoms. The summed E-state index contributed by atoms with van der Waals surface area (Å²) in [6, 6.07) is 12.2. The van der Waals surface area contributed by atoms with Gasteiger partial charge in [0.1, 0.15) is 22.7 Å². The van der Waals surface area contributed by atoms with E-state index in [-0.39, 0.29) is 18.2 Å². The lowest BCUT2D eigenvalue weighted by molar-refractivity contribution is -0.143. The molecule has 0 aliphatic heterocycles. The largest absolute Gasteiger partial charge is 0.480 e. The molecule has 0 unspecified atom stereocenters. The number of hydrogen-bond acceptors (Lipinski definition) is 5. The Morgan fingerprint density at radius 1 is 1.06 bits per heavy atom. The monoisotopic (exact) mass is 482 g/mol. The molecule has 1 aromatic heterocycles. The van der Waals surface area contributed by atoms with Crippen molar-refractivity contribution >= 4 is 52.4 Å². The van der Waals surface area contributed by atoms with Crippen LogP contribution in [-0.4, -0.2) is 39.7 Å². The number of rotatable bonds is 8. The summed E-state index contributed by atoms with van der Waals surface area (Å²) in [5.74, 6) is -1.89. The molecule has 1 aliphatic rings. The number of para-hydroxylation sites is 1. The number of carboxylic acids is 1. The fraction of sp³-hybridized carbons (Fsp3) is 0.423. The van der Waals surface area contributed by atoms with Crippen LogP contribution in [0.2, 0.25) is 0 Å². The van der Waals surface area contributed by atoms with Crippen molar-refractivity contribution < 1.29 is 23.9 Å². The van der Waals surface area contributed by atoms with Gasteiger partial charge in [0.05, 0.1) is 5.25 Å². The third-order valence-electron chi connectivity index (χ3n) is 6.64. The molecule has 7 nitrogen and oxygen atoms in total. The number of furan rings is 1. The van der Waals surface area contributed by atoms with Gasteiger partial charge in [-0.1, -0.05) is 57.0 Å². The Morgan fingerprint density at radius 2 is 1.74 bits per heavy atom. The minimum absolute atomic E-state index is 0.00443. The highest BCUT2D eigenvalue weighted by molar-refractivity contribution is 7.81. The van der Waals surface area contributed by atoms with Crippen LogP contribution in [0.1, 0.15) is 45.1 Å². The van der Waals surface area contributed by atoms with E-state index in [9.17, 15) is 19.5 Å². The second-order valence-electron chi connectivity index (χ2n) is 9.46. The van der Waals surface area contributed by atoms with E-state index in [0.717, 1.165) is 34.8 Å². The summed E-state index contributed by atoms with van der Waals surface area (Å²) in [7, 11) is 0. The van der Waals surface area contributed by atoms with Gasteiger partial charge in [0.25, 0.3) is 0 Å². The standard InChI is InChI=1S/C26H30N2O5S/c1-15(2)22(34)23(29)28-26(11-5-6-12-26)25(32)27-19(24(30)31)13-16-9-10-18-17-7-3-4-8-20(17)33-21(18)14-16/h3-4,7-10,14-15,19,22,34H,5-6,11-13H2,1-2H3,(H,27,32)(H,28,29)(H,30,31)/t19-,22-/m0/s1. The van der Waals surface area contributed by atoms with Gasteiger partial charge in [0, 0.05) is 17.2 Å². The zero-order chi connectivity index (χ0) is 24.5. The maximum atomic E-state index is 13.3. The van der Waals surface area contributed by atoms with Gasteiger partial charge in [-0.15, -0.1) is 0 Å². The number of thiol groups is 1. The van der Waals surface area contributed by atoms with Crippen LogP contribution in [-0.2, 0) is 20.8 Å². The Kier molecular flexibility index (Phi) is 6.89. The predicted octanol–water partition coefficient (Wildman–Crippen LogP) is 4.08. The topological polar surface area (TPSA) is 109 Å². The predicted molar refractivity (Wildman–Crippen MR) is 134 cm³/mol. The molecule has 1 fully saturated rings. The first kappa shape index (κ1) is 24.1. The van der Waals surface area contributed by atoms with Gasteiger partial charge in [-0.05, 0) is 36.5 Å². The van der Waals surface area contributed by atoms with Crippen molar-refractivity contribution in [1.82, 2.24) is 10.6 Å². The number of aliphatic carboxylic acids is 1. The van der Waals surface area contributed by atoms with Gasteiger partial charge < -0.3 is 20.2 Å². The molecular formula is C26H30N2O5S. The Labute approximate surface area is 203 Å². The second kappa shape index (κ2) is 9.70. The zero-order valence-electron chi connectivity index (χ0n) is 19.3. The van der Waals surface area contributed by atoms with Gasteiger partial charge in [-0.25, -0.2) is 4.79 Å². The Hall–Kier alpha value is -3.00. The number of nitrogens with one attached hydrogen (secondary N) is 2. The molecule has 1 heterocycles. The van der Waals surface area contributed by atoms with E-state index in [0.29, 0.717) is 18.4 Å². The van der Waals surface area contributed by atoms with Crippen LogP contribution in [0.3, 0.4) is 0 Å². The summed E-state index contributed by atoms with van der Waals surface area (Å²) in [4.78, 5) is 38.0. The minimum atomic E-state index is -1.14. The molecule has 4 rings (SSSR count). The molecule has 2 atom stereocenters. The highest BCUT2D eigenvalue weighted by Gasteiger charge is 2.44. The number of carbonyl (C=O) groups is 3. The average Bonchev–Trinajstić information content (AvgIpc) is 3.42. The summed E-state index contributed by atoms with van der Waals surface area (Å²) in [6.45, 7) is 3.77. The fourth-order valence-electron chi connectivity index (χ4n) is 4.63. The minimum Gasteiger partial charge on any atom is -0.480 e. The van der Waals surface area contributed by atoms with Crippen molar-refractivity contribution in [2.45, 2.75) is 62.8 Å². The molecule has 3 N–H and O–H groups in total. The number of benzene rings is 2. The van der Waals surface area contributed by atoms with Gasteiger partial charge in [-0.2, -0.15) is 12.6 Å². The first-order chi connectivity index (χ1) is 16.2. The first-order valence-corrected chi connectivity index (χ1v) is 12.2. The van der Waals surface area contributed by atoms with Crippen molar-refractivity contribution in [2.24, 2.45) is 5.92 Å². The van der Waals surface area contributed by atoms with Gasteiger partial charge >= 0.3 is 5.97 Å². The molecule has 180 valence electrons. The van der Waals surface area contributed by atoms with E-state index in [4.69, 9.17) is 4.42 Å². The van der Waals surface area contributed by atoms with E-state index >= 15 is 0 Å². The highest BCUT2D eigenvalue weighted by Crippen LogP contribution is 2.32. The Morgan fingerprint density at radius 3 is 2.41 bits per heavy atom. The molecule has 2 aromatic carbocycles. The van der Waals surface area contributed by atoms with Crippen LogP contribution in [0.25, 0.3) is 21.9 Å². The van der Waals surface area contributed by atoms with Crippen LogP contribution in [0.4, 0.5) is 0 Å². The van der Waals surface area contributed by atoms with Crippen molar-refractivity contribution in [3.8, 4) is 0 Å². The average molecular weight is 483 g/mol. The lowest BCUT2D eigenvalue weighted by Gasteiger charge is -2.32. The molecule has 0 saturated heterocycles. The van der Waals surface area contributed by atoms with E-state index in [1.165, 1.54) is 0 Å². The second-order valence-corrected chi connectivity index (χ2v) is 10.0. The first-order valence-electron chi connectivity index (χ1n) is 11.6. The quantitative estimate of drug-likeness (QED) is 0.362. The Bertz CT molecular complexity index is 1230. The molecule has 8 heteroatoms. The molecule has 3 aromatic rings. The summed E-state index contributed by atoms with van der Waals surface area (Å²) in [6.07, 6.45) is 2.61. The number of carboxylic acid groups (broad SMARTS) is 1.